The number of benzene rings is 2. The first-order valence-electron chi connectivity index (χ1n) is 5.20. The van der Waals surface area contributed by atoms with Gasteiger partial charge in [0.25, 0.3) is 0 Å². The van der Waals surface area contributed by atoms with Crippen LogP contribution in [0, 0.1) is 22.7 Å². The van der Waals surface area contributed by atoms with Crippen molar-refractivity contribution in [3.8, 4) is 12.1 Å². The normalized spacial score (nSPS) is 9.28. The van der Waals surface area contributed by atoms with Crippen molar-refractivity contribution < 1.29 is 0 Å². The summed E-state index contributed by atoms with van der Waals surface area (Å²) in [6.07, 6.45) is 0. The molecule has 0 spiro atoms. The van der Waals surface area contributed by atoms with Gasteiger partial charge in [-0.15, -0.1) is 0 Å². The van der Waals surface area contributed by atoms with E-state index in [0.717, 1.165) is 10.2 Å². The lowest BCUT2D eigenvalue weighted by Gasteiger charge is -2.08. The highest BCUT2D eigenvalue weighted by molar-refractivity contribution is 9.10. The molecule has 4 heteroatoms. The van der Waals surface area contributed by atoms with E-state index in [9.17, 15) is 0 Å². The van der Waals surface area contributed by atoms with Crippen molar-refractivity contribution in [2.75, 3.05) is 5.32 Å². The van der Waals surface area contributed by atoms with Gasteiger partial charge in [-0.1, -0.05) is 22.0 Å². The smallest absolute Gasteiger partial charge is 0.101 e. The van der Waals surface area contributed by atoms with Crippen molar-refractivity contribution in [1.82, 2.24) is 0 Å². The first-order chi connectivity index (χ1) is 8.72. The van der Waals surface area contributed by atoms with Crippen LogP contribution in [0.3, 0.4) is 0 Å². The second kappa shape index (κ2) is 5.35. The van der Waals surface area contributed by atoms with Crippen LogP contribution in [0.1, 0.15) is 11.1 Å². The molecular formula is C14H8BrN3. The molecule has 2 aromatic carbocycles. The molecule has 0 unspecified atom stereocenters. The standard InChI is InChI=1S/C14H8BrN3/c15-12-5-4-11(9-17)14(7-12)18-13-3-1-2-10(6-13)8-16/h1-7,18H. The highest BCUT2D eigenvalue weighted by Gasteiger charge is 2.03. The Morgan fingerprint density at radius 3 is 2.56 bits per heavy atom. The lowest BCUT2D eigenvalue weighted by atomic mass is 10.1. The van der Waals surface area contributed by atoms with Crippen molar-refractivity contribution in [2.24, 2.45) is 0 Å². The first kappa shape index (κ1) is 12.2. The Hall–Kier alpha value is -2.30. The van der Waals surface area contributed by atoms with E-state index in [-0.39, 0.29) is 0 Å². The van der Waals surface area contributed by atoms with Gasteiger partial charge in [-0.25, -0.2) is 0 Å². The van der Waals surface area contributed by atoms with E-state index in [0.29, 0.717) is 16.8 Å². The summed E-state index contributed by atoms with van der Waals surface area (Å²) >= 11 is 3.37. The minimum absolute atomic E-state index is 0.556. The monoisotopic (exact) mass is 297 g/mol. The summed E-state index contributed by atoms with van der Waals surface area (Å²) in [5, 5.41) is 21.0. The van der Waals surface area contributed by atoms with Gasteiger partial charge < -0.3 is 5.32 Å². The Morgan fingerprint density at radius 1 is 1.00 bits per heavy atom. The van der Waals surface area contributed by atoms with Crippen molar-refractivity contribution in [1.29, 1.82) is 10.5 Å². The third kappa shape index (κ3) is 2.68. The Balaban J connectivity index is 2.37. The van der Waals surface area contributed by atoms with Gasteiger partial charge in [0, 0.05) is 10.2 Å². The molecule has 0 aliphatic carbocycles. The first-order valence-corrected chi connectivity index (χ1v) is 5.99. The molecule has 0 saturated heterocycles. The van der Waals surface area contributed by atoms with Crippen molar-refractivity contribution in [2.45, 2.75) is 0 Å². The Bertz CT molecular complexity index is 665. The molecule has 0 aromatic heterocycles. The maximum absolute atomic E-state index is 9.03. The van der Waals surface area contributed by atoms with E-state index in [1.54, 1.807) is 24.3 Å². The molecule has 2 aromatic rings. The highest BCUT2D eigenvalue weighted by Crippen LogP contribution is 2.24. The second-order valence-corrected chi connectivity index (χ2v) is 4.53. The molecule has 3 nitrogen and oxygen atoms in total. The molecule has 0 amide bonds. The zero-order valence-corrected chi connectivity index (χ0v) is 10.9. The lowest BCUT2D eigenvalue weighted by Crippen LogP contribution is -1.94. The van der Waals surface area contributed by atoms with E-state index in [2.05, 4.69) is 33.4 Å². The van der Waals surface area contributed by atoms with Gasteiger partial charge in [-0.2, -0.15) is 10.5 Å². The Labute approximate surface area is 113 Å². The van der Waals surface area contributed by atoms with Gasteiger partial charge in [0.05, 0.1) is 22.9 Å². The highest BCUT2D eigenvalue weighted by atomic mass is 79.9. The topological polar surface area (TPSA) is 59.6 Å². The Kier molecular flexibility index (Phi) is 3.62. The number of nitrogens with one attached hydrogen (secondary N) is 1. The number of halogens is 1. The van der Waals surface area contributed by atoms with Crippen LogP contribution >= 0.6 is 15.9 Å². The molecule has 0 aliphatic rings. The summed E-state index contributed by atoms with van der Waals surface area (Å²) < 4.78 is 0.889. The average molecular weight is 298 g/mol. The molecular weight excluding hydrogens is 290 g/mol. The summed E-state index contributed by atoms with van der Waals surface area (Å²) in [5.41, 5.74) is 2.62. The number of hydrogen-bond donors (Lipinski definition) is 1. The Morgan fingerprint density at radius 2 is 1.83 bits per heavy atom. The van der Waals surface area contributed by atoms with Crippen LogP contribution in [0.4, 0.5) is 11.4 Å². The maximum atomic E-state index is 9.03. The van der Waals surface area contributed by atoms with E-state index < -0.39 is 0 Å². The predicted molar refractivity (Wildman–Crippen MR) is 73.3 cm³/mol. The molecule has 0 heterocycles. The number of anilines is 2. The van der Waals surface area contributed by atoms with Crippen LogP contribution in [-0.2, 0) is 0 Å². The minimum Gasteiger partial charge on any atom is -0.354 e. The van der Waals surface area contributed by atoms with Crippen LogP contribution in [0.2, 0.25) is 0 Å². The summed E-state index contributed by atoms with van der Waals surface area (Å²) in [6, 6.07) is 16.7. The summed E-state index contributed by atoms with van der Waals surface area (Å²) in [5.74, 6) is 0. The lowest BCUT2D eigenvalue weighted by molar-refractivity contribution is 1.44. The van der Waals surface area contributed by atoms with E-state index in [1.807, 2.05) is 18.2 Å². The predicted octanol–water partition coefficient (Wildman–Crippen LogP) is 3.94. The fraction of sp³-hybridized carbons (Fsp3) is 0. The van der Waals surface area contributed by atoms with Crippen LogP contribution in [0.15, 0.2) is 46.9 Å². The molecule has 0 bridgehead atoms. The number of nitriles is 2. The third-order valence-corrected chi connectivity index (χ3v) is 2.87. The summed E-state index contributed by atoms with van der Waals surface area (Å²) in [4.78, 5) is 0. The van der Waals surface area contributed by atoms with Gasteiger partial charge in [0.2, 0.25) is 0 Å². The van der Waals surface area contributed by atoms with Crippen LogP contribution in [0.5, 0.6) is 0 Å². The van der Waals surface area contributed by atoms with Crippen LogP contribution in [-0.4, -0.2) is 0 Å². The zero-order chi connectivity index (χ0) is 13.0. The molecule has 18 heavy (non-hydrogen) atoms. The van der Waals surface area contributed by atoms with Crippen LogP contribution < -0.4 is 5.32 Å². The molecule has 0 atom stereocenters. The summed E-state index contributed by atoms with van der Waals surface area (Å²) in [6.45, 7) is 0. The molecule has 0 aliphatic heterocycles. The van der Waals surface area contributed by atoms with Gasteiger partial charge in [0.15, 0.2) is 0 Å². The van der Waals surface area contributed by atoms with Gasteiger partial charge in [-0.3, -0.25) is 0 Å². The summed E-state index contributed by atoms with van der Waals surface area (Å²) in [7, 11) is 0. The fourth-order valence-corrected chi connectivity index (χ4v) is 1.90. The van der Waals surface area contributed by atoms with E-state index in [1.165, 1.54) is 0 Å². The molecule has 2 rings (SSSR count). The zero-order valence-electron chi connectivity index (χ0n) is 9.31. The van der Waals surface area contributed by atoms with E-state index >= 15 is 0 Å². The second-order valence-electron chi connectivity index (χ2n) is 3.62. The third-order valence-electron chi connectivity index (χ3n) is 2.37. The molecule has 0 fully saturated rings. The number of nitrogens with zero attached hydrogens (tertiary/aromatic N) is 2. The molecule has 86 valence electrons. The quantitative estimate of drug-likeness (QED) is 0.913. The fourth-order valence-electron chi connectivity index (χ4n) is 1.54. The van der Waals surface area contributed by atoms with Crippen molar-refractivity contribution in [3.05, 3.63) is 58.1 Å². The number of rotatable bonds is 2. The largest absolute Gasteiger partial charge is 0.354 e. The van der Waals surface area contributed by atoms with Gasteiger partial charge in [0.1, 0.15) is 6.07 Å². The molecule has 0 saturated carbocycles. The van der Waals surface area contributed by atoms with Gasteiger partial charge >= 0.3 is 0 Å². The SMILES string of the molecule is N#Cc1cccc(Nc2cc(Br)ccc2C#N)c1. The minimum atomic E-state index is 0.556. The van der Waals surface area contributed by atoms with Gasteiger partial charge in [-0.05, 0) is 36.4 Å². The molecule has 1 N–H and O–H groups in total. The average Bonchev–Trinajstić information content (AvgIpc) is 2.39. The van der Waals surface area contributed by atoms with Crippen molar-refractivity contribution in [3.63, 3.8) is 0 Å². The van der Waals surface area contributed by atoms with Crippen LogP contribution in [0.25, 0.3) is 0 Å². The maximum Gasteiger partial charge on any atom is 0.101 e. The molecule has 0 radical (unpaired) electrons. The number of hydrogen-bond acceptors (Lipinski definition) is 3. The van der Waals surface area contributed by atoms with Crippen molar-refractivity contribution >= 4 is 27.3 Å². The van der Waals surface area contributed by atoms with E-state index in [4.69, 9.17) is 10.5 Å².